The van der Waals surface area contributed by atoms with E-state index in [1.807, 2.05) is 6.92 Å². The number of nitrogens with zero attached hydrogens (tertiary/aromatic N) is 2. The number of hydrogen-bond acceptors (Lipinski definition) is 3. The Morgan fingerprint density at radius 3 is 2.56 bits per heavy atom. The lowest BCUT2D eigenvalue weighted by atomic mass is 10.2. The summed E-state index contributed by atoms with van der Waals surface area (Å²) in [7, 11) is 0. The average Bonchev–Trinajstić information content (AvgIpc) is 2.40. The van der Waals surface area contributed by atoms with E-state index in [0.717, 1.165) is 56.3 Å². The maximum atomic E-state index is 6.18. The Kier molecular flexibility index (Phi) is 4.87. The summed E-state index contributed by atoms with van der Waals surface area (Å²) in [5.74, 6) is 0. The summed E-state index contributed by atoms with van der Waals surface area (Å²) in [5.41, 5.74) is 7.92. The van der Waals surface area contributed by atoms with Crippen molar-refractivity contribution in [1.82, 2.24) is 4.90 Å². The van der Waals surface area contributed by atoms with E-state index in [1.165, 1.54) is 5.69 Å². The van der Waals surface area contributed by atoms with E-state index in [0.29, 0.717) is 0 Å². The van der Waals surface area contributed by atoms with Crippen molar-refractivity contribution in [3.8, 4) is 0 Å². The highest BCUT2D eigenvalue weighted by atomic mass is 35.5. The number of piperazine rings is 1. The highest BCUT2D eigenvalue weighted by molar-refractivity contribution is 6.31. The predicted octanol–water partition coefficient (Wildman–Crippen LogP) is 2.12. The number of hydrogen-bond donors (Lipinski definition) is 1. The topological polar surface area (TPSA) is 32.5 Å². The van der Waals surface area contributed by atoms with Gasteiger partial charge in [0.25, 0.3) is 0 Å². The van der Waals surface area contributed by atoms with Crippen molar-refractivity contribution < 1.29 is 0 Å². The number of benzene rings is 1. The Labute approximate surface area is 115 Å². The van der Waals surface area contributed by atoms with Crippen molar-refractivity contribution in [2.75, 3.05) is 44.2 Å². The van der Waals surface area contributed by atoms with Crippen molar-refractivity contribution in [3.63, 3.8) is 0 Å². The molecule has 2 rings (SSSR count). The van der Waals surface area contributed by atoms with Crippen LogP contribution in [0.15, 0.2) is 18.2 Å². The van der Waals surface area contributed by atoms with Gasteiger partial charge in [0.1, 0.15) is 0 Å². The molecule has 0 spiro atoms. The molecular weight excluding hydrogens is 246 g/mol. The molecule has 1 aliphatic rings. The molecule has 0 bridgehead atoms. The molecule has 1 fully saturated rings. The fourth-order valence-corrected chi connectivity index (χ4v) is 2.50. The minimum absolute atomic E-state index is 0.786. The lowest BCUT2D eigenvalue weighted by Crippen LogP contribution is -2.46. The Balaban J connectivity index is 1.90. The molecule has 3 nitrogen and oxygen atoms in total. The molecule has 1 aromatic rings. The van der Waals surface area contributed by atoms with Crippen molar-refractivity contribution in [3.05, 3.63) is 28.8 Å². The predicted molar refractivity (Wildman–Crippen MR) is 78.5 cm³/mol. The molecule has 18 heavy (non-hydrogen) atoms. The normalized spacial score (nSPS) is 17.2. The van der Waals surface area contributed by atoms with Crippen LogP contribution < -0.4 is 10.6 Å². The third-order valence-corrected chi connectivity index (χ3v) is 3.98. The van der Waals surface area contributed by atoms with Gasteiger partial charge in [0.05, 0.1) is 0 Å². The minimum Gasteiger partial charge on any atom is -0.369 e. The Morgan fingerprint density at radius 1 is 1.22 bits per heavy atom. The highest BCUT2D eigenvalue weighted by Crippen LogP contribution is 2.23. The second kappa shape index (κ2) is 6.41. The molecule has 0 unspecified atom stereocenters. The van der Waals surface area contributed by atoms with Crippen LogP contribution in [-0.4, -0.2) is 44.2 Å². The molecule has 0 radical (unpaired) electrons. The fourth-order valence-electron chi connectivity index (χ4n) is 2.32. The first-order chi connectivity index (χ1) is 8.70. The van der Waals surface area contributed by atoms with E-state index < -0.39 is 0 Å². The summed E-state index contributed by atoms with van der Waals surface area (Å²) in [6, 6.07) is 6.33. The summed E-state index contributed by atoms with van der Waals surface area (Å²) >= 11 is 6.18. The summed E-state index contributed by atoms with van der Waals surface area (Å²) in [5, 5.41) is 0.859. The molecule has 0 atom stereocenters. The van der Waals surface area contributed by atoms with E-state index in [2.05, 4.69) is 28.0 Å². The van der Waals surface area contributed by atoms with Gasteiger partial charge in [0.2, 0.25) is 0 Å². The molecule has 1 aliphatic heterocycles. The molecule has 100 valence electrons. The third kappa shape index (κ3) is 3.37. The third-order valence-electron chi connectivity index (χ3n) is 3.57. The van der Waals surface area contributed by atoms with Crippen LogP contribution in [0, 0.1) is 6.92 Å². The summed E-state index contributed by atoms with van der Waals surface area (Å²) in [6.07, 6.45) is 1.09. The zero-order chi connectivity index (χ0) is 13.0. The van der Waals surface area contributed by atoms with E-state index in [-0.39, 0.29) is 0 Å². The van der Waals surface area contributed by atoms with Crippen molar-refractivity contribution in [1.29, 1.82) is 0 Å². The van der Waals surface area contributed by atoms with Gasteiger partial charge >= 0.3 is 0 Å². The highest BCUT2D eigenvalue weighted by Gasteiger charge is 2.16. The Morgan fingerprint density at radius 2 is 1.94 bits per heavy atom. The Bertz CT molecular complexity index is 387. The first-order valence-corrected chi connectivity index (χ1v) is 7.02. The van der Waals surface area contributed by atoms with Crippen molar-refractivity contribution in [2.45, 2.75) is 13.3 Å². The van der Waals surface area contributed by atoms with Gasteiger partial charge in [-0.25, -0.2) is 0 Å². The smallest absolute Gasteiger partial charge is 0.0455 e. The molecule has 4 heteroatoms. The van der Waals surface area contributed by atoms with E-state index >= 15 is 0 Å². The SMILES string of the molecule is Cc1ccc(N2CCN(CCCN)CC2)cc1Cl. The molecule has 2 N–H and O–H groups in total. The maximum Gasteiger partial charge on any atom is 0.0455 e. The number of rotatable bonds is 4. The second-order valence-electron chi connectivity index (χ2n) is 4.90. The summed E-state index contributed by atoms with van der Waals surface area (Å²) in [4.78, 5) is 4.89. The van der Waals surface area contributed by atoms with E-state index in [1.54, 1.807) is 0 Å². The van der Waals surface area contributed by atoms with Crippen LogP contribution >= 0.6 is 11.6 Å². The quantitative estimate of drug-likeness (QED) is 0.907. The van der Waals surface area contributed by atoms with Gasteiger partial charge in [0.15, 0.2) is 0 Å². The first-order valence-electron chi connectivity index (χ1n) is 6.64. The maximum absolute atomic E-state index is 6.18. The molecule has 0 saturated carbocycles. The van der Waals surface area contributed by atoms with Gasteiger partial charge in [0, 0.05) is 36.9 Å². The molecule has 0 aliphatic carbocycles. The summed E-state index contributed by atoms with van der Waals surface area (Å²) < 4.78 is 0. The molecule has 0 amide bonds. The lowest BCUT2D eigenvalue weighted by Gasteiger charge is -2.36. The van der Waals surface area contributed by atoms with Crippen LogP contribution in [0.5, 0.6) is 0 Å². The van der Waals surface area contributed by atoms with Crippen LogP contribution in [0.3, 0.4) is 0 Å². The van der Waals surface area contributed by atoms with Crippen molar-refractivity contribution >= 4 is 17.3 Å². The standard InChI is InChI=1S/C14H22ClN3/c1-12-3-4-13(11-14(12)15)18-9-7-17(8-10-18)6-2-5-16/h3-4,11H,2,5-10,16H2,1H3. The second-order valence-corrected chi connectivity index (χ2v) is 5.31. The van der Waals surface area contributed by atoms with Crippen LogP contribution in [0.2, 0.25) is 5.02 Å². The average molecular weight is 268 g/mol. The molecule has 1 aromatic carbocycles. The van der Waals surface area contributed by atoms with Gasteiger partial charge < -0.3 is 10.6 Å². The van der Waals surface area contributed by atoms with Gasteiger partial charge in [-0.1, -0.05) is 17.7 Å². The van der Waals surface area contributed by atoms with Crippen LogP contribution in [0.1, 0.15) is 12.0 Å². The molecule has 1 saturated heterocycles. The largest absolute Gasteiger partial charge is 0.369 e. The Hall–Kier alpha value is -0.770. The van der Waals surface area contributed by atoms with E-state index in [9.17, 15) is 0 Å². The zero-order valence-electron chi connectivity index (χ0n) is 11.0. The van der Waals surface area contributed by atoms with Crippen molar-refractivity contribution in [2.24, 2.45) is 5.73 Å². The van der Waals surface area contributed by atoms with Gasteiger partial charge in [-0.15, -0.1) is 0 Å². The van der Waals surface area contributed by atoms with Gasteiger partial charge in [-0.05, 0) is 44.1 Å². The van der Waals surface area contributed by atoms with Gasteiger partial charge in [-0.3, -0.25) is 4.90 Å². The first kappa shape index (κ1) is 13.7. The number of anilines is 1. The zero-order valence-corrected chi connectivity index (χ0v) is 11.8. The lowest BCUT2D eigenvalue weighted by molar-refractivity contribution is 0.256. The van der Waals surface area contributed by atoms with Crippen LogP contribution in [0.25, 0.3) is 0 Å². The summed E-state index contributed by atoms with van der Waals surface area (Å²) in [6.45, 7) is 8.33. The fraction of sp³-hybridized carbons (Fsp3) is 0.571. The minimum atomic E-state index is 0.786. The number of aryl methyl sites for hydroxylation is 1. The molecular formula is C14H22ClN3. The molecule has 0 aromatic heterocycles. The van der Waals surface area contributed by atoms with Crippen LogP contribution in [-0.2, 0) is 0 Å². The number of nitrogens with two attached hydrogens (primary N) is 1. The van der Waals surface area contributed by atoms with E-state index in [4.69, 9.17) is 17.3 Å². The number of halogens is 1. The molecule has 1 heterocycles. The monoisotopic (exact) mass is 267 g/mol. The van der Waals surface area contributed by atoms with Gasteiger partial charge in [-0.2, -0.15) is 0 Å². The van der Waals surface area contributed by atoms with Crippen LogP contribution in [0.4, 0.5) is 5.69 Å².